The smallest absolute Gasteiger partial charge is 0.0648 e. The zero-order valence-corrected chi connectivity index (χ0v) is 9.84. The third-order valence-corrected chi connectivity index (χ3v) is 3.34. The van der Waals surface area contributed by atoms with Crippen molar-refractivity contribution in [2.24, 2.45) is 0 Å². The molecule has 1 fully saturated rings. The Morgan fingerprint density at radius 2 is 2.12 bits per heavy atom. The van der Waals surface area contributed by atoms with Crippen molar-refractivity contribution < 1.29 is 0 Å². The lowest BCUT2D eigenvalue weighted by Crippen LogP contribution is -2.24. The van der Waals surface area contributed by atoms with Gasteiger partial charge in [0.2, 0.25) is 0 Å². The standard InChI is InChI=1S/C14H17N3/c1-2-6-13(7-3-1)17-14(8-10-16-17)11-12-5-4-9-15-12/h1-3,6-8,10,12,15H,4-5,9,11H2. The lowest BCUT2D eigenvalue weighted by atomic mass is 10.1. The minimum atomic E-state index is 0.620. The van der Waals surface area contributed by atoms with Crippen LogP contribution in [0.25, 0.3) is 5.69 Å². The second kappa shape index (κ2) is 4.72. The first-order valence-electron chi connectivity index (χ1n) is 6.25. The number of aromatic nitrogens is 2. The molecule has 1 unspecified atom stereocenters. The summed E-state index contributed by atoms with van der Waals surface area (Å²) < 4.78 is 2.04. The molecule has 1 aliphatic heterocycles. The van der Waals surface area contributed by atoms with Gasteiger partial charge >= 0.3 is 0 Å². The molecule has 1 saturated heterocycles. The highest BCUT2D eigenvalue weighted by Gasteiger charge is 2.16. The maximum atomic E-state index is 4.42. The van der Waals surface area contributed by atoms with Gasteiger partial charge in [0, 0.05) is 24.4 Å². The Morgan fingerprint density at radius 1 is 1.24 bits per heavy atom. The Bertz CT molecular complexity index is 469. The lowest BCUT2D eigenvalue weighted by molar-refractivity contribution is 0.583. The van der Waals surface area contributed by atoms with Gasteiger partial charge in [0.15, 0.2) is 0 Å². The van der Waals surface area contributed by atoms with E-state index in [1.807, 2.05) is 16.9 Å². The zero-order chi connectivity index (χ0) is 11.5. The number of hydrogen-bond acceptors (Lipinski definition) is 2. The average Bonchev–Trinajstić information content (AvgIpc) is 3.02. The Morgan fingerprint density at radius 3 is 2.88 bits per heavy atom. The fraction of sp³-hybridized carbons (Fsp3) is 0.357. The molecule has 1 aromatic carbocycles. The van der Waals surface area contributed by atoms with E-state index in [1.54, 1.807) is 0 Å². The summed E-state index contributed by atoms with van der Waals surface area (Å²) in [6, 6.07) is 13.1. The highest BCUT2D eigenvalue weighted by molar-refractivity contribution is 5.32. The van der Waals surface area contributed by atoms with Crippen molar-refractivity contribution in [3.63, 3.8) is 0 Å². The normalized spacial score (nSPS) is 19.6. The molecule has 0 amide bonds. The van der Waals surface area contributed by atoms with Crippen molar-refractivity contribution in [3.8, 4) is 5.69 Å². The van der Waals surface area contributed by atoms with Crippen molar-refractivity contribution >= 4 is 0 Å². The largest absolute Gasteiger partial charge is 0.314 e. The molecule has 2 aromatic rings. The summed E-state index contributed by atoms with van der Waals surface area (Å²) in [7, 11) is 0. The van der Waals surface area contributed by atoms with Gasteiger partial charge in [-0.2, -0.15) is 5.10 Å². The van der Waals surface area contributed by atoms with Gasteiger partial charge in [0.25, 0.3) is 0 Å². The molecule has 0 spiro atoms. The van der Waals surface area contributed by atoms with Gasteiger partial charge in [-0.05, 0) is 37.6 Å². The molecule has 0 aliphatic carbocycles. The van der Waals surface area contributed by atoms with E-state index >= 15 is 0 Å². The van der Waals surface area contributed by atoms with Crippen LogP contribution in [0.5, 0.6) is 0 Å². The first-order chi connectivity index (χ1) is 8.43. The van der Waals surface area contributed by atoms with Gasteiger partial charge in [-0.25, -0.2) is 4.68 Å². The Kier molecular flexibility index (Phi) is 2.92. The summed E-state index contributed by atoms with van der Waals surface area (Å²) in [5.74, 6) is 0. The summed E-state index contributed by atoms with van der Waals surface area (Å²) in [5, 5.41) is 7.95. The third kappa shape index (κ3) is 2.24. The minimum Gasteiger partial charge on any atom is -0.314 e. The number of para-hydroxylation sites is 1. The molecule has 1 N–H and O–H groups in total. The molecular weight excluding hydrogens is 210 g/mol. The van der Waals surface area contributed by atoms with E-state index in [1.165, 1.54) is 18.5 Å². The number of hydrogen-bond donors (Lipinski definition) is 1. The fourth-order valence-corrected chi connectivity index (χ4v) is 2.47. The molecule has 3 rings (SSSR count). The minimum absolute atomic E-state index is 0.620. The zero-order valence-electron chi connectivity index (χ0n) is 9.84. The molecule has 1 aliphatic rings. The topological polar surface area (TPSA) is 29.9 Å². The Hall–Kier alpha value is -1.61. The van der Waals surface area contributed by atoms with Gasteiger partial charge in [-0.15, -0.1) is 0 Å². The maximum absolute atomic E-state index is 4.42. The van der Waals surface area contributed by atoms with Gasteiger partial charge in [-0.1, -0.05) is 18.2 Å². The highest BCUT2D eigenvalue weighted by Crippen LogP contribution is 2.15. The van der Waals surface area contributed by atoms with Gasteiger partial charge < -0.3 is 5.32 Å². The first kappa shape index (κ1) is 10.5. The molecule has 1 aromatic heterocycles. The lowest BCUT2D eigenvalue weighted by Gasteiger charge is -2.12. The van der Waals surface area contributed by atoms with E-state index in [0.29, 0.717) is 6.04 Å². The Labute approximate surface area is 101 Å². The molecule has 0 saturated carbocycles. The summed E-state index contributed by atoms with van der Waals surface area (Å²) in [6.07, 6.45) is 5.52. The summed E-state index contributed by atoms with van der Waals surface area (Å²) in [6.45, 7) is 1.16. The van der Waals surface area contributed by atoms with Crippen LogP contribution in [0.3, 0.4) is 0 Å². The molecule has 1 atom stereocenters. The van der Waals surface area contributed by atoms with Crippen LogP contribution in [0.2, 0.25) is 0 Å². The van der Waals surface area contributed by atoms with Crippen LogP contribution in [-0.2, 0) is 6.42 Å². The van der Waals surface area contributed by atoms with Crippen molar-refractivity contribution in [2.75, 3.05) is 6.54 Å². The van der Waals surface area contributed by atoms with Crippen molar-refractivity contribution in [3.05, 3.63) is 48.3 Å². The molecule has 88 valence electrons. The SMILES string of the molecule is c1ccc(-n2nccc2CC2CCCN2)cc1. The fourth-order valence-electron chi connectivity index (χ4n) is 2.47. The average molecular weight is 227 g/mol. The van der Waals surface area contributed by atoms with Crippen LogP contribution >= 0.6 is 0 Å². The van der Waals surface area contributed by atoms with E-state index in [-0.39, 0.29) is 0 Å². The summed E-state index contributed by atoms with van der Waals surface area (Å²) in [5.41, 5.74) is 2.43. The van der Waals surface area contributed by atoms with Crippen LogP contribution in [-0.4, -0.2) is 22.4 Å². The van der Waals surface area contributed by atoms with E-state index in [9.17, 15) is 0 Å². The molecular formula is C14H17N3. The molecule has 0 radical (unpaired) electrons. The van der Waals surface area contributed by atoms with Crippen molar-refractivity contribution in [1.29, 1.82) is 0 Å². The number of nitrogens with zero attached hydrogens (tertiary/aromatic N) is 2. The van der Waals surface area contributed by atoms with E-state index in [2.05, 4.69) is 40.7 Å². The maximum Gasteiger partial charge on any atom is 0.0648 e. The number of nitrogens with one attached hydrogen (secondary N) is 1. The molecule has 3 nitrogen and oxygen atoms in total. The summed E-state index contributed by atoms with van der Waals surface area (Å²) >= 11 is 0. The molecule has 17 heavy (non-hydrogen) atoms. The predicted molar refractivity (Wildman–Crippen MR) is 68.3 cm³/mol. The van der Waals surface area contributed by atoms with Gasteiger partial charge in [0.1, 0.15) is 0 Å². The van der Waals surface area contributed by atoms with E-state index in [0.717, 1.165) is 18.7 Å². The quantitative estimate of drug-likeness (QED) is 0.871. The molecule has 0 bridgehead atoms. The van der Waals surface area contributed by atoms with Crippen molar-refractivity contribution in [2.45, 2.75) is 25.3 Å². The predicted octanol–water partition coefficient (Wildman–Crippen LogP) is 2.17. The van der Waals surface area contributed by atoms with E-state index < -0.39 is 0 Å². The number of rotatable bonds is 3. The van der Waals surface area contributed by atoms with Crippen LogP contribution in [0.15, 0.2) is 42.6 Å². The van der Waals surface area contributed by atoms with Crippen LogP contribution < -0.4 is 5.32 Å². The summed E-state index contributed by atoms with van der Waals surface area (Å²) in [4.78, 5) is 0. The van der Waals surface area contributed by atoms with Gasteiger partial charge in [-0.3, -0.25) is 0 Å². The second-order valence-corrected chi connectivity index (χ2v) is 4.57. The Balaban J connectivity index is 1.84. The third-order valence-electron chi connectivity index (χ3n) is 3.34. The van der Waals surface area contributed by atoms with Crippen LogP contribution in [0.4, 0.5) is 0 Å². The van der Waals surface area contributed by atoms with E-state index in [4.69, 9.17) is 0 Å². The highest BCUT2D eigenvalue weighted by atomic mass is 15.3. The van der Waals surface area contributed by atoms with Crippen LogP contribution in [0.1, 0.15) is 18.5 Å². The monoisotopic (exact) mass is 227 g/mol. The molecule has 2 heterocycles. The molecule has 3 heteroatoms. The van der Waals surface area contributed by atoms with Crippen molar-refractivity contribution in [1.82, 2.24) is 15.1 Å². The van der Waals surface area contributed by atoms with Gasteiger partial charge in [0.05, 0.1) is 5.69 Å². The first-order valence-corrected chi connectivity index (χ1v) is 6.25. The second-order valence-electron chi connectivity index (χ2n) is 4.57. The number of benzene rings is 1. The van der Waals surface area contributed by atoms with Crippen LogP contribution in [0, 0.1) is 0 Å².